The molecule has 2 aliphatic rings. The van der Waals surface area contributed by atoms with Gasteiger partial charge >= 0.3 is 0 Å². The van der Waals surface area contributed by atoms with E-state index in [0.29, 0.717) is 12.3 Å². The summed E-state index contributed by atoms with van der Waals surface area (Å²) in [5.74, 6) is 0.741. The summed E-state index contributed by atoms with van der Waals surface area (Å²) in [6.07, 6.45) is 3.37. The number of likely N-dealkylation sites (tertiary alicyclic amines) is 1. The minimum absolute atomic E-state index is 0.107. The van der Waals surface area contributed by atoms with Crippen LogP contribution in [0.25, 0.3) is 0 Å². The summed E-state index contributed by atoms with van der Waals surface area (Å²) in [7, 11) is 0. The summed E-state index contributed by atoms with van der Waals surface area (Å²) in [6.45, 7) is 1.58. The minimum Gasteiger partial charge on any atom is -0.338 e. The molecule has 1 amide bonds. The average molecular weight is 325 g/mol. The molecule has 1 aromatic carbocycles. The summed E-state index contributed by atoms with van der Waals surface area (Å²) in [4.78, 5) is 27.6. The average Bonchev–Trinajstić information content (AvgIpc) is 3.23. The number of Topliss-reactive ketones (excluding diaryl/α,β-unsaturated/α-hetero) is 1. The number of fused-ring (bicyclic) bond motifs is 1. The van der Waals surface area contributed by atoms with Gasteiger partial charge in [-0.1, -0.05) is 30.3 Å². The molecule has 118 valence electrons. The molecular weight excluding hydrogens is 306 g/mol. The smallest absolute Gasteiger partial charge is 0.255 e. The highest BCUT2D eigenvalue weighted by molar-refractivity contribution is 7.12. The van der Waals surface area contributed by atoms with Gasteiger partial charge in [0.15, 0.2) is 5.78 Å². The first-order valence-electron chi connectivity index (χ1n) is 8.22. The van der Waals surface area contributed by atoms with Gasteiger partial charge < -0.3 is 4.90 Å². The van der Waals surface area contributed by atoms with Gasteiger partial charge in [-0.05, 0) is 30.4 Å². The van der Waals surface area contributed by atoms with E-state index in [1.165, 1.54) is 16.9 Å². The highest BCUT2D eigenvalue weighted by Gasteiger charge is 2.31. The Labute approximate surface area is 139 Å². The quantitative estimate of drug-likeness (QED) is 0.840. The molecule has 0 radical (unpaired) electrons. The summed E-state index contributed by atoms with van der Waals surface area (Å²) in [5, 5.41) is 1.89. The van der Waals surface area contributed by atoms with E-state index in [1.807, 2.05) is 16.3 Å². The number of carbonyl (C=O) groups excluding carboxylic acids is 2. The molecule has 2 aromatic rings. The van der Waals surface area contributed by atoms with Crippen molar-refractivity contribution in [2.45, 2.75) is 31.6 Å². The Morgan fingerprint density at radius 2 is 2.00 bits per heavy atom. The maximum Gasteiger partial charge on any atom is 0.255 e. The van der Waals surface area contributed by atoms with Crippen LogP contribution in [0.5, 0.6) is 0 Å². The Kier molecular flexibility index (Phi) is 3.77. The molecule has 1 aromatic heterocycles. The minimum atomic E-state index is 0.107. The second kappa shape index (κ2) is 5.93. The molecule has 2 heterocycles. The van der Waals surface area contributed by atoms with Crippen LogP contribution in [0.4, 0.5) is 0 Å². The van der Waals surface area contributed by atoms with E-state index in [9.17, 15) is 9.59 Å². The zero-order chi connectivity index (χ0) is 15.8. The highest BCUT2D eigenvalue weighted by atomic mass is 32.1. The lowest BCUT2D eigenvalue weighted by Crippen LogP contribution is -2.29. The highest BCUT2D eigenvalue weighted by Crippen LogP contribution is 2.33. The Bertz CT molecular complexity index is 750. The van der Waals surface area contributed by atoms with E-state index in [2.05, 4.69) is 24.3 Å². The molecule has 1 saturated heterocycles. The predicted octanol–water partition coefficient (Wildman–Crippen LogP) is 3.90. The summed E-state index contributed by atoms with van der Waals surface area (Å²) in [5.41, 5.74) is 3.08. The third kappa shape index (κ3) is 2.61. The monoisotopic (exact) mass is 325 g/mol. The fourth-order valence-electron chi connectivity index (χ4n) is 3.70. The van der Waals surface area contributed by atoms with E-state index >= 15 is 0 Å². The van der Waals surface area contributed by atoms with E-state index in [4.69, 9.17) is 0 Å². The first kappa shape index (κ1) is 14.6. The molecule has 3 nitrogen and oxygen atoms in total. The van der Waals surface area contributed by atoms with Gasteiger partial charge in [0.2, 0.25) is 0 Å². The van der Waals surface area contributed by atoms with Gasteiger partial charge in [0, 0.05) is 30.8 Å². The number of amides is 1. The van der Waals surface area contributed by atoms with Crippen molar-refractivity contribution in [1.82, 2.24) is 4.90 Å². The number of benzene rings is 1. The van der Waals surface area contributed by atoms with Crippen molar-refractivity contribution in [1.29, 1.82) is 0 Å². The molecule has 4 heteroatoms. The lowest BCUT2D eigenvalue weighted by Gasteiger charge is -2.18. The Morgan fingerprint density at radius 3 is 2.83 bits per heavy atom. The number of carbonyl (C=O) groups is 2. The molecule has 0 saturated carbocycles. The summed E-state index contributed by atoms with van der Waals surface area (Å²) >= 11 is 1.45. The van der Waals surface area contributed by atoms with Crippen molar-refractivity contribution < 1.29 is 9.59 Å². The zero-order valence-corrected chi connectivity index (χ0v) is 13.8. The largest absolute Gasteiger partial charge is 0.338 e. The predicted molar refractivity (Wildman–Crippen MR) is 91.3 cm³/mol. The van der Waals surface area contributed by atoms with Gasteiger partial charge in [-0.25, -0.2) is 0 Å². The molecule has 1 unspecified atom stereocenters. The topological polar surface area (TPSA) is 37.4 Å². The number of nitrogens with zero attached hydrogens (tertiary/aromatic N) is 1. The van der Waals surface area contributed by atoms with Crippen LogP contribution in [0.1, 0.15) is 56.3 Å². The van der Waals surface area contributed by atoms with Crippen molar-refractivity contribution in [2.24, 2.45) is 0 Å². The van der Waals surface area contributed by atoms with Crippen molar-refractivity contribution in [3.05, 3.63) is 57.3 Å². The first-order valence-corrected chi connectivity index (χ1v) is 9.10. The van der Waals surface area contributed by atoms with Gasteiger partial charge in [-0.2, -0.15) is 0 Å². The lowest BCUT2D eigenvalue weighted by atomic mass is 9.94. The fraction of sp³-hybridized carbons (Fsp3) is 0.368. The van der Waals surface area contributed by atoms with Gasteiger partial charge in [0.25, 0.3) is 5.91 Å². The van der Waals surface area contributed by atoms with Crippen LogP contribution in [-0.4, -0.2) is 29.7 Å². The molecule has 1 atom stereocenters. The van der Waals surface area contributed by atoms with E-state index in [-0.39, 0.29) is 11.7 Å². The lowest BCUT2D eigenvalue weighted by molar-refractivity contribution is 0.0790. The van der Waals surface area contributed by atoms with Crippen LogP contribution >= 0.6 is 11.3 Å². The van der Waals surface area contributed by atoms with Crippen molar-refractivity contribution in [3.8, 4) is 0 Å². The molecule has 23 heavy (non-hydrogen) atoms. The second-order valence-electron chi connectivity index (χ2n) is 6.38. The molecule has 0 bridgehead atoms. The standard InChI is InChI=1S/C19H19NO2S/c21-17-8-4-7-15-16(12-23-18(15)17)19(22)20-10-9-14(11-20)13-5-2-1-3-6-13/h1-3,5-6,12,14H,4,7-11H2. The Balaban J connectivity index is 1.54. The van der Waals surface area contributed by atoms with Crippen LogP contribution in [0, 0.1) is 0 Å². The zero-order valence-electron chi connectivity index (χ0n) is 13.0. The van der Waals surface area contributed by atoms with Gasteiger partial charge in [-0.3, -0.25) is 9.59 Å². The van der Waals surface area contributed by atoms with Gasteiger partial charge in [0.05, 0.1) is 10.4 Å². The number of rotatable bonds is 2. The molecule has 4 rings (SSSR count). The van der Waals surface area contributed by atoms with Crippen molar-refractivity contribution in [2.75, 3.05) is 13.1 Å². The SMILES string of the molecule is O=C1CCCc2c(C(=O)N3CCC(c4ccccc4)C3)csc21. The maximum absolute atomic E-state index is 12.9. The molecular formula is C19H19NO2S. The maximum atomic E-state index is 12.9. The van der Waals surface area contributed by atoms with Crippen LogP contribution in [0.3, 0.4) is 0 Å². The molecule has 1 fully saturated rings. The number of thiophene rings is 1. The van der Waals surface area contributed by atoms with Crippen LogP contribution in [0.15, 0.2) is 35.7 Å². The number of hydrogen-bond acceptors (Lipinski definition) is 3. The molecule has 1 aliphatic carbocycles. The summed E-state index contributed by atoms with van der Waals surface area (Å²) in [6, 6.07) is 10.4. The molecule has 0 N–H and O–H groups in total. The van der Waals surface area contributed by atoms with Crippen LogP contribution in [-0.2, 0) is 6.42 Å². The second-order valence-corrected chi connectivity index (χ2v) is 7.26. The fourth-order valence-corrected chi connectivity index (χ4v) is 4.76. The normalized spacial score (nSPS) is 20.6. The van der Waals surface area contributed by atoms with E-state index in [0.717, 1.165) is 48.4 Å². The Morgan fingerprint density at radius 1 is 1.17 bits per heavy atom. The summed E-state index contributed by atoms with van der Waals surface area (Å²) < 4.78 is 0. The molecule has 1 aliphatic heterocycles. The van der Waals surface area contributed by atoms with Crippen molar-refractivity contribution in [3.63, 3.8) is 0 Å². The third-order valence-electron chi connectivity index (χ3n) is 4.95. The van der Waals surface area contributed by atoms with Gasteiger partial charge in [-0.15, -0.1) is 11.3 Å². The van der Waals surface area contributed by atoms with E-state index in [1.54, 1.807) is 0 Å². The number of hydrogen-bond donors (Lipinski definition) is 0. The number of ketones is 1. The van der Waals surface area contributed by atoms with Crippen LogP contribution in [0.2, 0.25) is 0 Å². The molecule has 0 spiro atoms. The van der Waals surface area contributed by atoms with Gasteiger partial charge in [0.1, 0.15) is 0 Å². The van der Waals surface area contributed by atoms with E-state index < -0.39 is 0 Å². The first-order chi connectivity index (χ1) is 11.2. The van der Waals surface area contributed by atoms with Crippen molar-refractivity contribution >= 4 is 23.0 Å². The Hall–Kier alpha value is -1.94. The third-order valence-corrected chi connectivity index (χ3v) is 6.02. The van der Waals surface area contributed by atoms with Crippen LogP contribution < -0.4 is 0 Å².